The summed E-state index contributed by atoms with van der Waals surface area (Å²) >= 11 is 1.57. The lowest BCUT2D eigenvalue weighted by Crippen LogP contribution is -2.53. The summed E-state index contributed by atoms with van der Waals surface area (Å²) in [6, 6.07) is 6.48. The Morgan fingerprint density at radius 2 is 2.07 bits per heavy atom. The van der Waals surface area contributed by atoms with Crippen LogP contribution in [-0.4, -0.2) is 64.0 Å². The Labute approximate surface area is 171 Å². The zero-order valence-electron chi connectivity index (χ0n) is 15.9. The molecular weight excluding hydrogens is 394 g/mol. The van der Waals surface area contributed by atoms with Gasteiger partial charge in [0, 0.05) is 26.2 Å². The third kappa shape index (κ3) is 4.54. The Hall–Kier alpha value is -2.98. The summed E-state index contributed by atoms with van der Waals surface area (Å²) < 4.78 is 10.4. The van der Waals surface area contributed by atoms with Crippen molar-refractivity contribution in [3.63, 3.8) is 0 Å². The molecule has 1 N–H and O–H groups in total. The number of aromatic nitrogens is 2. The number of hydrogen-bond acceptors (Lipinski definition) is 8. The van der Waals surface area contributed by atoms with E-state index >= 15 is 0 Å². The summed E-state index contributed by atoms with van der Waals surface area (Å²) in [4.78, 5) is 34.0. The van der Waals surface area contributed by atoms with Crippen molar-refractivity contribution in [3.05, 3.63) is 47.6 Å². The van der Waals surface area contributed by atoms with Crippen molar-refractivity contribution in [2.24, 2.45) is 0 Å². The lowest BCUT2D eigenvalue weighted by atomic mass is 10.2. The highest BCUT2D eigenvalue weighted by atomic mass is 32.1. The normalized spacial score (nSPS) is 16.0. The lowest BCUT2D eigenvalue weighted by Gasteiger charge is -2.35. The van der Waals surface area contributed by atoms with E-state index in [1.165, 1.54) is 6.26 Å². The second-order valence-electron chi connectivity index (χ2n) is 6.76. The second kappa shape index (κ2) is 8.58. The van der Waals surface area contributed by atoms with Crippen LogP contribution in [0.2, 0.25) is 0 Å². The van der Waals surface area contributed by atoms with Crippen molar-refractivity contribution in [1.29, 1.82) is 0 Å². The number of hydrogen-bond donors (Lipinski definition) is 1. The quantitative estimate of drug-likeness (QED) is 0.655. The van der Waals surface area contributed by atoms with Crippen LogP contribution in [0.5, 0.6) is 0 Å². The molecule has 152 valence electrons. The van der Waals surface area contributed by atoms with Crippen molar-refractivity contribution in [2.75, 3.05) is 26.2 Å². The van der Waals surface area contributed by atoms with Crippen molar-refractivity contribution in [2.45, 2.75) is 19.5 Å². The SMILES string of the molecule is CC(NC(=O)c1ccco1)C(=O)N1CCN(Cc2nc(-c3cccs3)no2)CC1. The molecule has 2 amide bonds. The van der Waals surface area contributed by atoms with Gasteiger partial charge in [0.15, 0.2) is 5.76 Å². The van der Waals surface area contributed by atoms with Gasteiger partial charge in [0.2, 0.25) is 17.6 Å². The fourth-order valence-electron chi connectivity index (χ4n) is 3.15. The molecule has 4 rings (SSSR count). The summed E-state index contributed by atoms with van der Waals surface area (Å²) in [6.45, 7) is 4.77. The number of piperazine rings is 1. The number of carbonyl (C=O) groups is 2. The van der Waals surface area contributed by atoms with E-state index in [1.807, 2.05) is 17.5 Å². The molecule has 1 fully saturated rings. The second-order valence-corrected chi connectivity index (χ2v) is 7.71. The summed E-state index contributed by atoms with van der Waals surface area (Å²) in [5.41, 5.74) is 0. The maximum Gasteiger partial charge on any atom is 0.287 e. The van der Waals surface area contributed by atoms with Gasteiger partial charge in [-0.1, -0.05) is 11.2 Å². The van der Waals surface area contributed by atoms with E-state index in [0.29, 0.717) is 44.4 Å². The van der Waals surface area contributed by atoms with Crippen LogP contribution >= 0.6 is 11.3 Å². The average Bonchev–Trinajstić information content (AvgIpc) is 3.49. The molecule has 29 heavy (non-hydrogen) atoms. The van der Waals surface area contributed by atoms with Gasteiger partial charge in [0.25, 0.3) is 5.91 Å². The zero-order valence-corrected chi connectivity index (χ0v) is 16.7. The number of amides is 2. The molecule has 1 atom stereocenters. The Balaban J connectivity index is 1.25. The minimum atomic E-state index is -0.622. The summed E-state index contributed by atoms with van der Waals surface area (Å²) in [7, 11) is 0. The monoisotopic (exact) mass is 415 g/mol. The summed E-state index contributed by atoms with van der Waals surface area (Å²) in [5.74, 6) is 0.850. The van der Waals surface area contributed by atoms with Gasteiger partial charge >= 0.3 is 0 Å². The molecule has 1 aliphatic rings. The largest absolute Gasteiger partial charge is 0.459 e. The Morgan fingerprint density at radius 3 is 2.76 bits per heavy atom. The molecule has 0 radical (unpaired) electrons. The Bertz CT molecular complexity index is 945. The highest BCUT2D eigenvalue weighted by Crippen LogP contribution is 2.21. The van der Waals surface area contributed by atoms with Gasteiger partial charge in [0.1, 0.15) is 6.04 Å². The molecule has 3 aromatic rings. The Kier molecular flexibility index (Phi) is 5.72. The van der Waals surface area contributed by atoms with Crippen LogP contribution in [0.4, 0.5) is 0 Å². The maximum atomic E-state index is 12.6. The first kappa shape index (κ1) is 19.3. The van der Waals surface area contributed by atoms with E-state index in [9.17, 15) is 9.59 Å². The predicted octanol–water partition coefficient (Wildman–Crippen LogP) is 1.85. The molecule has 1 aliphatic heterocycles. The molecule has 4 heterocycles. The van der Waals surface area contributed by atoms with E-state index in [-0.39, 0.29) is 11.7 Å². The summed E-state index contributed by atoms with van der Waals surface area (Å²) in [6.07, 6.45) is 1.42. The number of nitrogens with zero attached hydrogens (tertiary/aromatic N) is 4. The first-order valence-electron chi connectivity index (χ1n) is 9.32. The van der Waals surface area contributed by atoms with Crippen LogP contribution in [0.3, 0.4) is 0 Å². The number of thiophene rings is 1. The van der Waals surface area contributed by atoms with Crippen LogP contribution in [-0.2, 0) is 11.3 Å². The minimum absolute atomic E-state index is 0.109. The predicted molar refractivity (Wildman–Crippen MR) is 105 cm³/mol. The highest BCUT2D eigenvalue weighted by molar-refractivity contribution is 7.13. The van der Waals surface area contributed by atoms with E-state index in [4.69, 9.17) is 8.94 Å². The van der Waals surface area contributed by atoms with Gasteiger partial charge in [-0.15, -0.1) is 11.3 Å². The fraction of sp³-hybridized carbons (Fsp3) is 0.368. The van der Waals surface area contributed by atoms with Gasteiger partial charge in [-0.3, -0.25) is 14.5 Å². The topological polar surface area (TPSA) is 105 Å². The smallest absolute Gasteiger partial charge is 0.287 e. The summed E-state index contributed by atoms with van der Waals surface area (Å²) in [5, 5.41) is 8.67. The average molecular weight is 415 g/mol. The lowest BCUT2D eigenvalue weighted by molar-refractivity contribution is -0.134. The highest BCUT2D eigenvalue weighted by Gasteiger charge is 2.27. The van der Waals surface area contributed by atoms with Crippen molar-refractivity contribution in [1.82, 2.24) is 25.3 Å². The van der Waals surface area contributed by atoms with E-state index in [2.05, 4.69) is 20.4 Å². The molecule has 1 unspecified atom stereocenters. The van der Waals surface area contributed by atoms with Crippen molar-refractivity contribution >= 4 is 23.2 Å². The first-order chi connectivity index (χ1) is 14.1. The number of nitrogens with one attached hydrogen (secondary N) is 1. The van der Waals surface area contributed by atoms with Crippen LogP contribution in [0.15, 0.2) is 44.8 Å². The van der Waals surface area contributed by atoms with E-state index < -0.39 is 11.9 Å². The van der Waals surface area contributed by atoms with E-state index in [1.54, 1.807) is 35.3 Å². The first-order valence-corrected chi connectivity index (χ1v) is 10.2. The molecule has 0 aromatic carbocycles. The standard InChI is InChI=1S/C19H21N5O4S/c1-13(20-18(25)14-4-2-10-27-14)19(26)24-8-6-23(7-9-24)12-16-21-17(22-28-16)15-5-3-11-29-15/h2-5,10-11,13H,6-9,12H2,1H3,(H,20,25). The van der Waals surface area contributed by atoms with Gasteiger partial charge in [-0.2, -0.15) is 4.98 Å². The number of carbonyl (C=O) groups excluding carboxylic acids is 2. The molecule has 0 aliphatic carbocycles. The Morgan fingerprint density at radius 1 is 1.24 bits per heavy atom. The molecule has 0 saturated carbocycles. The molecule has 10 heteroatoms. The van der Waals surface area contributed by atoms with Gasteiger partial charge < -0.3 is 19.2 Å². The number of rotatable bonds is 6. The minimum Gasteiger partial charge on any atom is -0.459 e. The third-order valence-electron chi connectivity index (χ3n) is 4.72. The van der Waals surface area contributed by atoms with Crippen LogP contribution in [0.1, 0.15) is 23.4 Å². The molecule has 9 nitrogen and oxygen atoms in total. The molecule has 3 aromatic heterocycles. The van der Waals surface area contributed by atoms with Crippen molar-refractivity contribution in [3.8, 4) is 10.7 Å². The van der Waals surface area contributed by atoms with Crippen molar-refractivity contribution < 1.29 is 18.5 Å². The zero-order chi connectivity index (χ0) is 20.2. The van der Waals surface area contributed by atoms with E-state index in [0.717, 1.165) is 4.88 Å². The molecular formula is C19H21N5O4S. The van der Waals surface area contributed by atoms with Crippen LogP contribution in [0, 0.1) is 0 Å². The molecule has 0 spiro atoms. The van der Waals surface area contributed by atoms with Crippen LogP contribution in [0.25, 0.3) is 10.7 Å². The van der Waals surface area contributed by atoms with Gasteiger partial charge in [-0.25, -0.2) is 0 Å². The van der Waals surface area contributed by atoms with Crippen LogP contribution < -0.4 is 5.32 Å². The van der Waals surface area contributed by atoms with Gasteiger partial charge in [-0.05, 0) is 30.5 Å². The van der Waals surface area contributed by atoms with Gasteiger partial charge in [0.05, 0.1) is 17.7 Å². The fourth-order valence-corrected chi connectivity index (χ4v) is 3.80. The maximum absolute atomic E-state index is 12.6. The molecule has 0 bridgehead atoms. The number of furan rings is 1. The molecule has 1 saturated heterocycles. The third-order valence-corrected chi connectivity index (χ3v) is 5.58.